The molecule has 1 rings (SSSR count). The molecule has 1 atom stereocenters. The fourth-order valence-electron chi connectivity index (χ4n) is 2.19. The zero-order chi connectivity index (χ0) is 14.1. The van der Waals surface area contributed by atoms with Crippen LogP contribution in [-0.4, -0.2) is 52.9 Å². The molecule has 0 radical (unpaired) electrons. The molecule has 1 aliphatic rings. The largest absolute Gasteiger partial charge is 0.392 e. The summed E-state index contributed by atoms with van der Waals surface area (Å²) < 4.78 is 0. The molecular weight excluding hydrogens is 246 g/mol. The van der Waals surface area contributed by atoms with Crippen molar-refractivity contribution in [1.82, 2.24) is 9.80 Å². The molecule has 0 aromatic carbocycles. The number of rotatable bonds is 3. The number of thiocarbonyl (C=S) groups is 1. The molecule has 0 bridgehead atoms. The predicted molar refractivity (Wildman–Crippen MR) is 78.5 cm³/mol. The van der Waals surface area contributed by atoms with E-state index >= 15 is 0 Å². The Hall–Kier alpha value is -0.680. The summed E-state index contributed by atoms with van der Waals surface area (Å²) in [5, 5.41) is 0. The molecule has 1 amide bonds. The fraction of sp³-hybridized carbons (Fsp3) is 0.846. The zero-order valence-corrected chi connectivity index (χ0v) is 12.9. The van der Waals surface area contributed by atoms with Crippen LogP contribution in [0.15, 0.2) is 0 Å². The third kappa shape index (κ3) is 2.67. The van der Waals surface area contributed by atoms with Crippen molar-refractivity contribution in [1.29, 1.82) is 0 Å². The highest BCUT2D eigenvalue weighted by atomic mass is 32.1. The number of hydrogen-bond donors (Lipinski definition) is 1. The molecule has 1 unspecified atom stereocenters. The van der Waals surface area contributed by atoms with Gasteiger partial charge in [0.2, 0.25) is 5.91 Å². The second-order valence-corrected chi connectivity index (χ2v) is 6.45. The minimum atomic E-state index is -0.707. The van der Waals surface area contributed by atoms with Gasteiger partial charge in [-0.25, -0.2) is 0 Å². The van der Waals surface area contributed by atoms with Crippen molar-refractivity contribution in [2.24, 2.45) is 11.1 Å². The van der Waals surface area contributed by atoms with Gasteiger partial charge in [0.1, 0.15) is 0 Å². The van der Waals surface area contributed by atoms with Crippen LogP contribution in [0.4, 0.5) is 0 Å². The standard InChI is InChI=1S/C13H25N3OS/c1-6-13(4,10(14)18)11(17)16-8-7-15(5)12(2,3)9-16/h6-9H2,1-5H3,(H2,14,18). The number of hydrogen-bond acceptors (Lipinski definition) is 3. The van der Waals surface area contributed by atoms with Gasteiger partial charge < -0.3 is 10.6 Å². The normalized spacial score (nSPS) is 23.5. The maximum absolute atomic E-state index is 12.6. The Balaban J connectivity index is 2.89. The van der Waals surface area contributed by atoms with Gasteiger partial charge in [0, 0.05) is 25.2 Å². The van der Waals surface area contributed by atoms with Gasteiger partial charge in [-0.05, 0) is 34.2 Å². The lowest BCUT2D eigenvalue weighted by atomic mass is 9.84. The topological polar surface area (TPSA) is 49.6 Å². The minimum absolute atomic E-state index is 0.00121. The van der Waals surface area contributed by atoms with Crippen LogP contribution in [0.3, 0.4) is 0 Å². The van der Waals surface area contributed by atoms with E-state index in [1.54, 1.807) is 0 Å². The highest BCUT2D eigenvalue weighted by Gasteiger charge is 2.41. The summed E-state index contributed by atoms with van der Waals surface area (Å²) in [6, 6.07) is 0. The smallest absolute Gasteiger partial charge is 0.235 e. The number of carbonyl (C=O) groups excluding carboxylic acids is 1. The van der Waals surface area contributed by atoms with Crippen molar-refractivity contribution in [3.8, 4) is 0 Å². The molecule has 104 valence electrons. The maximum atomic E-state index is 12.6. The van der Waals surface area contributed by atoms with Crippen molar-refractivity contribution in [3.63, 3.8) is 0 Å². The first-order chi connectivity index (χ1) is 8.15. The van der Waals surface area contributed by atoms with Crippen LogP contribution in [0.25, 0.3) is 0 Å². The molecule has 0 aromatic rings. The Morgan fingerprint density at radius 3 is 2.39 bits per heavy atom. The summed E-state index contributed by atoms with van der Waals surface area (Å²) in [5.41, 5.74) is 5.05. The molecular formula is C13H25N3OS. The Bertz CT molecular complexity index is 356. The van der Waals surface area contributed by atoms with E-state index in [0.29, 0.717) is 11.4 Å². The Morgan fingerprint density at radius 1 is 1.44 bits per heavy atom. The molecule has 2 N–H and O–H groups in total. The van der Waals surface area contributed by atoms with E-state index in [4.69, 9.17) is 18.0 Å². The monoisotopic (exact) mass is 271 g/mol. The van der Waals surface area contributed by atoms with Gasteiger partial charge in [-0.2, -0.15) is 0 Å². The van der Waals surface area contributed by atoms with E-state index in [2.05, 4.69) is 25.8 Å². The number of amides is 1. The van der Waals surface area contributed by atoms with Gasteiger partial charge in [0.05, 0.1) is 10.4 Å². The lowest BCUT2D eigenvalue weighted by molar-refractivity contribution is -0.142. The van der Waals surface area contributed by atoms with Crippen molar-refractivity contribution in [3.05, 3.63) is 0 Å². The number of piperazine rings is 1. The molecule has 5 heteroatoms. The van der Waals surface area contributed by atoms with Gasteiger partial charge >= 0.3 is 0 Å². The highest BCUT2D eigenvalue weighted by Crippen LogP contribution is 2.28. The summed E-state index contributed by atoms with van der Waals surface area (Å²) in [6.07, 6.45) is 0.647. The molecule has 1 saturated heterocycles. The van der Waals surface area contributed by atoms with Crippen LogP contribution in [-0.2, 0) is 4.79 Å². The molecule has 0 aromatic heterocycles. The third-order valence-corrected chi connectivity index (χ3v) is 4.78. The Kier molecular flexibility index (Phi) is 4.38. The van der Waals surface area contributed by atoms with Gasteiger partial charge in [0.15, 0.2) is 0 Å². The van der Waals surface area contributed by atoms with Crippen molar-refractivity contribution < 1.29 is 4.79 Å². The molecule has 1 fully saturated rings. The van der Waals surface area contributed by atoms with E-state index in [0.717, 1.165) is 19.6 Å². The quantitative estimate of drug-likeness (QED) is 0.785. The van der Waals surface area contributed by atoms with E-state index in [9.17, 15) is 4.79 Å². The van der Waals surface area contributed by atoms with Gasteiger partial charge in [-0.1, -0.05) is 19.1 Å². The number of nitrogens with zero attached hydrogens (tertiary/aromatic N) is 2. The predicted octanol–water partition coefficient (Wildman–Crippen LogP) is 1.24. The molecule has 1 aliphatic heterocycles. The summed E-state index contributed by atoms with van der Waals surface area (Å²) in [5.74, 6) is 0.0682. The second kappa shape index (κ2) is 5.13. The average molecular weight is 271 g/mol. The Labute approximate surface area is 115 Å². The first-order valence-electron chi connectivity index (χ1n) is 6.45. The van der Waals surface area contributed by atoms with E-state index in [-0.39, 0.29) is 11.4 Å². The highest BCUT2D eigenvalue weighted by molar-refractivity contribution is 7.80. The van der Waals surface area contributed by atoms with Gasteiger partial charge in [-0.3, -0.25) is 9.69 Å². The average Bonchev–Trinajstić information content (AvgIpc) is 2.30. The van der Waals surface area contributed by atoms with Crippen molar-refractivity contribution >= 4 is 23.1 Å². The van der Waals surface area contributed by atoms with Gasteiger partial charge in [0.25, 0.3) is 0 Å². The zero-order valence-electron chi connectivity index (χ0n) is 12.1. The van der Waals surface area contributed by atoms with Crippen LogP contribution in [0.1, 0.15) is 34.1 Å². The van der Waals surface area contributed by atoms with Crippen LogP contribution in [0.2, 0.25) is 0 Å². The summed E-state index contributed by atoms with van der Waals surface area (Å²) in [7, 11) is 2.09. The lowest BCUT2D eigenvalue weighted by Gasteiger charge is -2.47. The third-order valence-electron chi connectivity index (χ3n) is 4.33. The molecule has 1 heterocycles. The van der Waals surface area contributed by atoms with E-state index < -0.39 is 5.41 Å². The van der Waals surface area contributed by atoms with Crippen LogP contribution in [0.5, 0.6) is 0 Å². The van der Waals surface area contributed by atoms with Crippen molar-refractivity contribution in [2.45, 2.75) is 39.7 Å². The van der Waals surface area contributed by atoms with Crippen LogP contribution >= 0.6 is 12.2 Å². The molecule has 18 heavy (non-hydrogen) atoms. The molecule has 0 spiro atoms. The Morgan fingerprint density at radius 2 is 2.00 bits per heavy atom. The lowest BCUT2D eigenvalue weighted by Crippen LogP contribution is -2.61. The SMILES string of the molecule is CCC(C)(C(=O)N1CCN(C)C(C)(C)C1)C(N)=S. The van der Waals surface area contributed by atoms with Crippen LogP contribution < -0.4 is 5.73 Å². The number of nitrogens with two attached hydrogens (primary N) is 1. The van der Waals surface area contributed by atoms with E-state index in [1.165, 1.54) is 0 Å². The second-order valence-electron chi connectivity index (χ2n) is 6.01. The molecule has 0 aliphatic carbocycles. The van der Waals surface area contributed by atoms with Crippen LogP contribution in [0, 0.1) is 5.41 Å². The summed E-state index contributed by atoms with van der Waals surface area (Å²) in [4.78, 5) is 17.1. The molecule has 4 nitrogen and oxygen atoms in total. The number of likely N-dealkylation sites (N-methyl/N-ethyl adjacent to an activating group) is 1. The number of carbonyl (C=O) groups is 1. The molecule has 0 saturated carbocycles. The summed E-state index contributed by atoms with van der Waals surface area (Å²) in [6.45, 7) is 10.5. The summed E-state index contributed by atoms with van der Waals surface area (Å²) >= 11 is 5.08. The van der Waals surface area contributed by atoms with Gasteiger partial charge in [-0.15, -0.1) is 0 Å². The van der Waals surface area contributed by atoms with E-state index in [1.807, 2.05) is 18.7 Å². The fourth-order valence-corrected chi connectivity index (χ4v) is 2.43. The maximum Gasteiger partial charge on any atom is 0.235 e. The first kappa shape index (κ1) is 15.4. The van der Waals surface area contributed by atoms with Crippen molar-refractivity contribution in [2.75, 3.05) is 26.7 Å². The minimum Gasteiger partial charge on any atom is -0.392 e. The first-order valence-corrected chi connectivity index (χ1v) is 6.86.